The van der Waals surface area contributed by atoms with Gasteiger partial charge in [-0.15, -0.1) is 0 Å². The van der Waals surface area contributed by atoms with Crippen molar-refractivity contribution < 1.29 is 9.13 Å². The number of fused-ring (bicyclic) bond motifs is 3. The van der Waals surface area contributed by atoms with E-state index in [1.165, 1.54) is 0 Å². The van der Waals surface area contributed by atoms with E-state index in [9.17, 15) is 0 Å². The summed E-state index contributed by atoms with van der Waals surface area (Å²) in [5, 5.41) is 4.94. The SMILES string of the molecule is CC1(C)c2cc(P(=O)(c3ccccc3)c3ccccc3)ccc2-c2ccc(P(=O)(c3ccccc3)c3ccccc3)cc21. The van der Waals surface area contributed by atoms with Crippen molar-refractivity contribution >= 4 is 46.1 Å². The van der Waals surface area contributed by atoms with Gasteiger partial charge in [0.05, 0.1) is 0 Å². The normalized spacial score (nSPS) is 13.7. The van der Waals surface area contributed by atoms with Gasteiger partial charge >= 0.3 is 0 Å². The first-order valence-corrected chi connectivity index (χ1v) is 18.0. The molecule has 2 nitrogen and oxygen atoms in total. The Bertz CT molecular complexity index is 1800. The smallest absolute Gasteiger partial charge is 0.171 e. The molecule has 0 amide bonds. The molecule has 1 aliphatic carbocycles. The Morgan fingerprint density at radius 3 is 0.930 bits per heavy atom. The molecule has 0 spiro atoms. The molecule has 0 atom stereocenters. The van der Waals surface area contributed by atoms with E-state index in [4.69, 9.17) is 0 Å². The van der Waals surface area contributed by atoms with Gasteiger partial charge in [-0.3, -0.25) is 0 Å². The van der Waals surface area contributed by atoms with Crippen molar-refractivity contribution in [2.75, 3.05) is 0 Å². The lowest BCUT2D eigenvalue weighted by atomic mass is 9.82. The minimum atomic E-state index is -3.12. The van der Waals surface area contributed by atoms with Crippen molar-refractivity contribution in [2.45, 2.75) is 19.3 Å². The fraction of sp³-hybridized carbons (Fsp3) is 0.0769. The molecular formula is C39H32O2P2. The van der Waals surface area contributed by atoms with E-state index < -0.39 is 14.3 Å². The van der Waals surface area contributed by atoms with Crippen molar-refractivity contribution in [3.05, 3.63) is 169 Å². The minimum absolute atomic E-state index is 0.382. The Balaban J connectivity index is 1.39. The standard InChI is InChI=1S/C39H32O2P2/c1-39(2)37-27-33(42(40,29-15-7-3-8-16-29)30-17-9-4-10-18-30)23-25-35(37)36-26-24-34(28-38(36)39)43(41,31-19-11-5-12-20-31)32-21-13-6-14-22-32/h3-28H,1-2H3. The van der Waals surface area contributed by atoms with E-state index in [0.29, 0.717) is 0 Å². The van der Waals surface area contributed by atoms with Gasteiger partial charge in [-0.25, -0.2) is 0 Å². The van der Waals surface area contributed by atoms with E-state index in [2.05, 4.69) is 38.1 Å². The molecule has 0 N–H and O–H groups in total. The maximum atomic E-state index is 15.2. The Morgan fingerprint density at radius 2 is 0.651 bits per heavy atom. The number of benzene rings is 6. The molecule has 43 heavy (non-hydrogen) atoms. The predicted molar refractivity (Wildman–Crippen MR) is 183 cm³/mol. The quantitative estimate of drug-likeness (QED) is 0.190. The van der Waals surface area contributed by atoms with Crippen LogP contribution < -0.4 is 31.8 Å². The van der Waals surface area contributed by atoms with Crippen molar-refractivity contribution in [3.8, 4) is 11.1 Å². The maximum Gasteiger partial charge on any atom is 0.171 e. The molecule has 0 fully saturated rings. The van der Waals surface area contributed by atoms with Crippen molar-refractivity contribution in [2.24, 2.45) is 0 Å². The lowest BCUT2D eigenvalue weighted by Crippen LogP contribution is -2.27. The molecule has 7 rings (SSSR count). The molecule has 0 aliphatic heterocycles. The van der Waals surface area contributed by atoms with Crippen LogP contribution in [-0.2, 0) is 14.5 Å². The lowest BCUT2D eigenvalue weighted by molar-refractivity contribution is 0.591. The van der Waals surface area contributed by atoms with E-state index >= 15 is 9.13 Å². The first-order valence-electron chi connectivity index (χ1n) is 14.6. The van der Waals surface area contributed by atoms with Crippen LogP contribution in [0.1, 0.15) is 25.0 Å². The first-order chi connectivity index (χ1) is 20.8. The average Bonchev–Trinajstić information content (AvgIpc) is 3.30. The van der Waals surface area contributed by atoms with E-state index in [1.807, 2.05) is 133 Å². The van der Waals surface area contributed by atoms with Gasteiger partial charge < -0.3 is 9.13 Å². The van der Waals surface area contributed by atoms with Gasteiger partial charge in [-0.2, -0.15) is 0 Å². The molecule has 0 saturated carbocycles. The third-order valence-corrected chi connectivity index (χ3v) is 15.0. The Morgan fingerprint density at radius 1 is 0.372 bits per heavy atom. The van der Waals surface area contributed by atoms with Gasteiger partial charge in [0, 0.05) is 37.2 Å². The van der Waals surface area contributed by atoms with Crippen LogP contribution in [0.2, 0.25) is 0 Å². The molecule has 1 aliphatic rings. The van der Waals surface area contributed by atoms with Crippen LogP contribution in [0.3, 0.4) is 0 Å². The van der Waals surface area contributed by atoms with Gasteiger partial charge in [0.25, 0.3) is 0 Å². The van der Waals surface area contributed by atoms with Crippen LogP contribution in [-0.4, -0.2) is 0 Å². The highest BCUT2D eigenvalue weighted by Crippen LogP contribution is 2.52. The monoisotopic (exact) mass is 594 g/mol. The molecule has 0 saturated heterocycles. The summed E-state index contributed by atoms with van der Waals surface area (Å²) in [6.45, 7) is 4.44. The lowest BCUT2D eigenvalue weighted by Gasteiger charge is -2.26. The number of hydrogen-bond acceptors (Lipinski definition) is 2. The highest BCUT2D eigenvalue weighted by atomic mass is 31.2. The zero-order valence-electron chi connectivity index (χ0n) is 24.2. The Kier molecular flexibility index (Phi) is 6.74. The first kappa shape index (κ1) is 27.6. The summed E-state index contributed by atoms with van der Waals surface area (Å²) in [7, 11) is -6.24. The van der Waals surface area contributed by atoms with E-state index in [1.54, 1.807) is 0 Å². The van der Waals surface area contributed by atoms with Gasteiger partial charge in [-0.05, 0) is 34.4 Å². The summed E-state index contributed by atoms with van der Waals surface area (Å²) in [5.41, 5.74) is 4.17. The van der Waals surface area contributed by atoms with Crippen molar-refractivity contribution in [3.63, 3.8) is 0 Å². The second kappa shape index (κ2) is 10.5. The molecule has 0 bridgehead atoms. The zero-order chi connectivity index (χ0) is 29.7. The fourth-order valence-corrected chi connectivity index (χ4v) is 11.9. The molecule has 0 radical (unpaired) electrons. The predicted octanol–water partition coefficient (Wildman–Crippen LogP) is 7.27. The van der Waals surface area contributed by atoms with E-state index in [-0.39, 0.29) is 5.41 Å². The summed E-state index contributed by atoms with van der Waals surface area (Å²) >= 11 is 0. The summed E-state index contributed by atoms with van der Waals surface area (Å²) < 4.78 is 30.3. The molecular weight excluding hydrogens is 562 g/mol. The topological polar surface area (TPSA) is 34.1 Å². The van der Waals surface area contributed by atoms with Gasteiger partial charge in [0.1, 0.15) is 0 Å². The third-order valence-electron chi connectivity index (χ3n) is 8.85. The maximum absolute atomic E-state index is 15.2. The second-order valence-corrected chi connectivity index (χ2v) is 17.2. The summed E-state index contributed by atoms with van der Waals surface area (Å²) in [6, 6.07) is 51.9. The molecule has 210 valence electrons. The van der Waals surface area contributed by atoms with Gasteiger partial charge in [0.2, 0.25) is 0 Å². The summed E-state index contributed by atoms with van der Waals surface area (Å²) in [6.07, 6.45) is 0. The third kappa shape index (κ3) is 4.32. The number of rotatable bonds is 6. The fourth-order valence-electron chi connectivity index (χ4n) is 6.55. The largest absolute Gasteiger partial charge is 0.309 e. The summed E-state index contributed by atoms with van der Waals surface area (Å²) in [4.78, 5) is 0. The molecule has 4 heteroatoms. The average molecular weight is 595 g/mol. The zero-order valence-corrected chi connectivity index (χ0v) is 26.0. The van der Waals surface area contributed by atoms with Crippen LogP contribution >= 0.6 is 14.3 Å². The van der Waals surface area contributed by atoms with Crippen LogP contribution in [0.25, 0.3) is 11.1 Å². The van der Waals surface area contributed by atoms with Gasteiger partial charge in [0.15, 0.2) is 14.3 Å². The Hall–Kier alpha value is -4.22. The van der Waals surface area contributed by atoms with Crippen molar-refractivity contribution in [1.82, 2.24) is 0 Å². The highest BCUT2D eigenvalue weighted by Gasteiger charge is 2.40. The second-order valence-electron chi connectivity index (χ2n) is 11.6. The summed E-state index contributed by atoms with van der Waals surface area (Å²) in [5.74, 6) is 0. The highest BCUT2D eigenvalue weighted by molar-refractivity contribution is 7.85. The van der Waals surface area contributed by atoms with Crippen molar-refractivity contribution in [1.29, 1.82) is 0 Å². The van der Waals surface area contributed by atoms with Gasteiger partial charge in [-0.1, -0.05) is 159 Å². The van der Waals surface area contributed by atoms with Crippen LogP contribution in [0.5, 0.6) is 0 Å². The minimum Gasteiger partial charge on any atom is -0.309 e. The molecule has 0 aromatic heterocycles. The molecule has 0 heterocycles. The molecule has 6 aromatic carbocycles. The molecule has 6 aromatic rings. The van der Waals surface area contributed by atoms with E-state index in [0.717, 1.165) is 54.1 Å². The van der Waals surface area contributed by atoms with Crippen LogP contribution in [0.15, 0.2) is 158 Å². The van der Waals surface area contributed by atoms with Crippen LogP contribution in [0.4, 0.5) is 0 Å². The van der Waals surface area contributed by atoms with Crippen LogP contribution in [0, 0.1) is 0 Å². The number of hydrogen-bond donors (Lipinski definition) is 0. The molecule has 0 unspecified atom stereocenters. The Labute approximate surface area is 253 Å².